The topological polar surface area (TPSA) is 55.4 Å². The molecule has 0 radical (unpaired) electrons. The zero-order valence-corrected chi connectivity index (χ0v) is 14.5. The quantitative estimate of drug-likeness (QED) is 0.807. The first-order valence-electron chi connectivity index (χ1n) is 7.80. The molecular formula is C19H20ClNO3. The van der Waals surface area contributed by atoms with Gasteiger partial charge in [0.2, 0.25) is 0 Å². The third kappa shape index (κ3) is 5.10. The van der Waals surface area contributed by atoms with Crippen molar-refractivity contribution in [3.63, 3.8) is 0 Å². The summed E-state index contributed by atoms with van der Waals surface area (Å²) in [5.74, 6) is -0.858. The van der Waals surface area contributed by atoms with Crippen LogP contribution < -0.4 is 5.32 Å². The van der Waals surface area contributed by atoms with Crippen LogP contribution in [-0.4, -0.2) is 18.5 Å². The smallest absolute Gasteiger partial charge is 0.338 e. The van der Waals surface area contributed by atoms with Crippen LogP contribution in [0.15, 0.2) is 48.5 Å². The standard InChI is InChI=1S/C19H20ClNO3/c1-3-14-4-6-16(7-5-14)19(23)24-12-18(22)21-13(2)15-8-10-17(20)11-9-15/h4-11,13H,3,12H2,1-2H3,(H,21,22)/t13-/m0/s1. The minimum atomic E-state index is -0.507. The monoisotopic (exact) mass is 345 g/mol. The number of esters is 1. The van der Waals surface area contributed by atoms with E-state index in [2.05, 4.69) is 5.32 Å². The second-order valence-electron chi connectivity index (χ2n) is 5.47. The van der Waals surface area contributed by atoms with E-state index in [9.17, 15) is 9.59 Å². The molecule has 0 aliphatic heterocycles. The predicted octanol–water partition coefficient (Wildman–Crippen LogP) is 3.94. The minimum absolute atomic E-state index is 0.197. The number of hydrogen-bond acceptors (Lipinski definition) is 3. The van der Waals surface area contributed by atoms with Gasteiger partial charge in [0.25, 0.3) is 5.91 Å². The second kappa shape index (κ2) is 8.50. The normalized spacial score (nSPS) is 11.6. The summed E-state index contributed by atoms with van der Waals surface area (Å²) in [5.41, 5.74) is 2.50. The van der Waals surface area contributed by atoms with Crippen molar-refractivity contribution < 1.29 is 14.3 Å². The van der Waals surface area contributed by atoms with Gasteiger partial charge in [0.15, 0.2) is 6.61 Å². The van der Waals surface area contributed by atoms with Crippen molar-refractivity contribution >= 4 is 23.5 Å². The summed E-state index contributed by atoms with van der Waals surface area (Å²) in [6.07, 6.45) is 0.903. The molecule has 0 aliphatic carbocycles. The van der Waals surface area contributed by atoms with Crippen LogP contribution in [0.3, 0.4) is 0 Å². The number of carbonyl (C=O) groups is 2. The van der Waals surface area contributed by atoms with Crippen LogP contribution in [0.1, 0.15) is 41.4 Å². The highest BCUT2D eigenvalue weighted by Gasteiger charge is 2.13. The lowest BCUT2D eigenvalue weighted by atomic mass is 10.1. The third-order valence-corrected chi connectivity index (χ3v) is 3.93. The summed E-state index contributed by atoms with van der Waals surface area (Å²) >= 11 is 5.84. The van der Waals surface area contributed by atoms with E-state index in [-0.39, 0.29) is 18.6 Å². The Hall–Kier alpha value is -2.33. The van der Waals surface area contributed by atoms with Crippen molar-refractivity contribution in [3.8, 4) is 0 Å². The number of rotatable bonds is 6. The predicted molar refractivity (Wildman–Crippen MR) is 94.1 cm³/mol. The minimum Gasteiger partial charge on any atom is -0.452 e. The molecule has 4 nitrogen and oxygen atoms in total. The van der Waals surface area contributed by atoms with Gasteiger partial charge in [-0.15, -0.1) is 0 Å². The SMILES string of the molecule is CCc1ccc(C(=O)OCC(=O)N[C@@H](C)c2ccc(Cl)cc2)cc1. The van der Waals surface area contributed by atoms with Gasteiger partial charge >= 0.3 is 5.97 Å². The molecule has 0 spiro atoms. The van der Waals surface area contributed by atoms with Crippen molar-refractivity contribution in [2.45, 2.75) is 26.3 Å². The first-order valence-corrected chi connectivity index (χ1v) is 8.18. The molecule has 0 fully saturated rings. The molecule has 1 amide bonds. The molecule has 2 aromatic carbocycles. The molecule has 5 heteroatoms. The second-order valence-corrected chi connectivity index (χ2v) is 5.90. The fourth-order valence-electron chi connectivity index (χ4n) is 2.21. The highest BCUT2D eigenvalue weighted by molar-refractivity contribution is 6.30. The van der Waals surface area contributed by atoms with Crippen LogP contribution in [0, 0.1) is 0 Å². The number of carbonyl (C=O) groups excluding carboxylic acids is 2. The van der Waals surface area contributed by atoms with Gasteiger partial charge in [-0.05, 0) is 48.7 Å². The summed E-state index contributed by atoms with van der Waals surface area (Å²) in [7, 11) is 0. The molecule has 0 unspecified atom stereocenters. The van der Waals surface area contributed by atoms with Crippen LogP contribution in [0.4, 0.5) is 0 Å². The lowest BCUT2D eigenvalue weighted by Gasteiger charge is -2.14. The van der Waals surface area contributed by atoms with Crippen molar-refractivity contribution in [3.05, 3.63) is 70.2 Å². The molecule has 1 atom stereocenters. The third-order valence-electron chi connectivity index (χ3n) is 3.68. The lowest BCUT2D eigenvalue weighted by molar-refractivity contribution is -0.124. The number of amides is 1. The molecule has 1 N–H and O–H groups in total. The lowest BCUT2D eigenvalue weighted by Crippen LogP contribution is -2.31. The number of halogens is 1. The zero-order valence-electron chi connectivity index (χ0n) is 13.7. The Labute approximate surface area is 146 Å². The van der Waals surface area contributed by atoms with Crippen molar-refractivity contribution in [2.24, 2.45) is 0 Å². The maximum absolute atomic E-state index is 11.9. The van der Waals surface area contributed by atoms with E-state index in [1.165, 1.54) is 0 Å². The maximum Gasteiger partial charge on any atom is 0.338 e. The van der Waals surface area contributed by atoms with E-state index < -0.39 is 5.97 Å². The molecule has 0 heterocycles. The molecule has 0 bridgehead atoms. The number of hydrogen-bond donors (Lipinski definition) is 1. The van der Waals surface area contributed by atoms with Crippen molar-refractivity contribution in [1.29, 1.82) is 0 Å². The largest absolute Gasteiger partial charge is 0.452 e. The van der Waals surface area contributed by atoms with Gasteiger partial charge in [0.05, 0.1) is 11.6 Å². The van der Waals surface area contributed by atoms with Crippen LogP contribution >= 0.6 is 11.6 Å². The highest BCUT2D eigenvalue weighted by atomic mass is 35.5. The van der Waals surface area contributed by atoms with E-state index in [0.29, 0.717) is 10.6 Å². The summed E-state index contributed by atoms with van der Waals surface area (Å²) in [6.45, 7) is 3.58. The van der Waals surface area contributed by atoms with Gasteiger partial charge in [0, 0.05) is 5.02 Å². The van der Waals surface area contributed by atoms with E-state index in [0.717, 1.165) is 17.5 Å². The summed E-state index contributed by atoms with van der Waals surface area (Å²) in [6, 6.07) is 14.2. The Kier molecular flexibility index (Phi) is 6.38. The summed E-state index contributed by atoms with van der Waals surface area (Å²) < 4.78 is 5.05. The van der Waals surface area contributed by atoms with Crippen molar-refractivity contribution in [1.82, 2.24) is 5.32 Å². The fraction of sp³-hybridized carbons (Fsp3) is 0.263. The Morgan fingerprint density at radius 3 is 2.29 bits per heavy atom. The number of ether oxygens (including phenoxy) is 1. The van der Waals surface area contributed by atoms with Gasteiger partial charge in [0.1, 0.15) is 0 Å². The van der Waals surface area contributed by atoms with E-state index in [1.807, 2.05) is 38.1 Å². The van der Waals surface area contributed by atoms with Crippen LogP contribution in [0.25, 0.3) is 0 Å². The molecule has 2 rings (SSSR count). The average molecular weight is 346 g/mol. The molecule has 0 aromatic heterocycles. The molecule has 126 valence electrons. The van der Waals surface area contributed by atoms with E-state index >= 15 is 0 Å². The van der Waals surface area contributed by atoms with Gasteiger partial charge in [-0.1, -0.05) is 42.8 Å². The average Bonchev–Trinajstić information content (AvgIpc) is 2.60. The molecular weight excluding hydrogens is 326 g/mol. The van der Waals surface area contributed by atoms with Gasteiger partial charge in [-0.25, -0.2) is 4.79 Å². The number of benzene rings is 2. The Balaban J connectivity index is 1.83. The van der Waals surface area contributed by atoms with Crippen LogP contribution in [0.2, 0.25) is 5.02 Å². The van der Waals surface area contributed by atoms with Gasteiger partial charge < -0.3 is 10.1 Å². The summed E-state index contributed by atoms with van der Waals surface area (Å²) in [5, 5.41) is 3.42. The van der Waals surface area contributed by atoms with Crippen LogP contribution in [-0.2, 0) is 16.0 Å². The van der Waals surface area contributed by atoms with Crippen molar-refractivity contribution in [2.75, 3.05) is 6.61 Å². The van der Waals surface area contributed by atoms with E-state index in [4.69, 9.17) is 16.3 Å². The van der Waals surface area contributed by atoms with Crippen LogP contribution in [0.5, 0.6) is 0 Å². The Morgan fingerprint density at radius 1 is 1.08 bits per heavy atom. The summed E-state index contributed by atoms with van der Waals surface area (Å²) in [4.78, 5) is 23.8. The Bertz CT molecular complexity index is 696. The molecule has 0 saturated carbocycles. The Morgan fingerprint density at radius 2 is 1.71 bits per heavy atom. The maximum atomic E-state index is 11.9. The molecule has 24 heavy (non-hydrogen) atoms. The first-order chi connectivity index (χ1) is 11.5. The number of nitrogens with one attached hydrogen (secondary N) is 1. The first kappa shape index (κ1) is 18.0. The number of aryl methyl sites for hydroxylation is 1. The van der Waals surface area contributed by atoms with Gasteiger partial charge in [-0.2, -0.15) is 0 Å². The zero-order chi connectivity index (χ0) is 17.5. The molecule has 2 aromatic rings. The van der Waals surface area contributed by atoms with Gasteiger partial charge in [-0.3, -0.25) is 4.79 Å². The fourth-order valence-corrected chi connectivity index (χ4v) is 2.33. The van der Waals surface area contributed by atoms with E-state index in [1.54, 1.807) is 24.3 Å². The molecule has 0 saturated heterocycles. The molecule has 0 aliphatic rings. The highest BCUT2D eigenvalue weighted by Crippen LogP contribution is 2.16.